The summed E-state index contributed by atoms with van der Waals surface area (Å²) in [6.45, 7) is 7.89. The van der Waals surface area contributed by atoms with Crippen LogP contribution in [0.4, 0.5) is 4.79 Å². The fourth-order valence-corrected chi connectivity index (χ4v) is 3.40. The van der Waals surface area contributed by atoms with Gasteiger partial charge in [0.05, 0.1) is 0 Å². The monoisotopic (exact) mass is 352 g/mol. The molecule has 134 valence electrons. The summed E-state index contributed by atoms with van der Waals surface area (Å²) in [6.07, 6.45) is 3.33. The summed E-state index contributed by atoms with van der Waals surface area (Å²) in [4.78, 5) is 29.2. The van der Waals surface area contributed by atoms with Crippen LogP contribution in [0.1, 0.15) is 44.9 Å². The van der Waals surface area contributed by atoms with Gasteiger partial charge in [0.1, 0.15) is 5.60 Å². The lowest BCUT2D eigenvalue weighted by Crippen LogP contribution is -2.51. The molecular weight excluding hydrogens is 324 g/mol. The van der Waals surface area contributed by atoms with Crippen LogP contribution in [0.3, 0.4) is 0 Å². The third-order valence-electron chi connectivity index (χ3n) is 3.93. The van der Waals surface area contributed by atoms with Crippen LogP contribution in [0.15, 0.2) is 17.5 Å². The van der Waals surface area contributed by atoms with Gasteiger partial charge in [-0.3, -0.25) is 4.79 Å². The van der Waals surface area contributed by atoms with Gasteiger partial charge in [-0.25, -0.2) is 4.79 Å². The minimum Gasteiger partial charge on any atom is -0.444 e. The molecule has 2 heterocycles. The number of aryl methyl sites for hydroxylation is 1. The number of unbranched alkanes of at least 4 members (excludes halogenated alkanes) is 1. The van der Waals surface area contributed by atoms with Gasteiger partial charge in [-0.15, -0.1) is 11.3 Å². The zero-order chi connectivity index (χ0) is 17.6. The molecule has 0 N–H and O–H groups in total. The SMILES string of the molecule is CC(C)(C)OC(=O)N1CCN(C(=O)CCCCc2cccs2)CC1. The minimum atomic E-state index is -0.480. The van der Waals surface area contributed by atoms with Crippen molar-refractivity contribution in [3.05, 3.63) is 22.4 Å². The first-order chi connectivity index (χ1) is 11.3. The van der Waals surface area contributed by atoms with Gasteiger partial charge in [-0.05, 0) is 51.5 Å². The van der Waals surface area contributed by atoms with E-state index >= 15 is 0 Å². The molecule has 1 fully saturated rings. The zero-order valence-electron chi connectivity index (χ0n) is 14.9. The van der Waals surface area contributed by atoms with Crippen LogP contribution < -0.4 is 0 Å². The van der Waals surface area contributed by atoms with E-state index in [9.17, 15) is 9.59 Å². The lowest BCUT2D eigenvalue weighted by molar-refractivity contribution is -0.133. The molecule has 2 amide bonds. The Morgan fingerprint density at radius 3 is 2.38 bits per heavy atom. The van der Waals surface area contributed by atoms with Crippen molar-refractivity contribution in [2.75, 3.05) is 26.2 Å². The van der Waals surface area contributed by atoms with Crippen LogP contribution in [0, 0.1) is 0 Å². The highest BCUT2D eigenvalue weighted by molar-refractivity contribution is 7.09. The topological polar surface area (TPSA) is 49.9 Å². The van der Waals surface area contributed by atoms with Gasteiger partial charge in [-0.1, -0.05) is 6.07 Å². The molecule has 1 aromatic heterocycles. The van der Waals surface area contributed by atoms with E-state index in [1.807, 2.05) is 25.7 Å². The Hall–Kier alpha value is -1.56. The molecule has 0 aromatic carbocycles. The summed E-state index contributed by atoms with van der Waals surface area (Å²) in [7, 11) is 0. The predicted octanol–water partition coefficient (Wildman–Crippen LogP) is 3.54. The van der Waals surface area contributed by atoms with Gasteiger partial charge in [0.2, 0.25) is 5.91 Å². The maximum atomic E-state index is 12.3. The number of carbonyl (C=O) groups is 2. The number of hydrogen-bond acceptors (Lipinski definition) is 4. The first kappa shape index (κ1) is 18.8. The van der Waals surface area contributed by atoms with Crippen LogP contribution in [0.5, 0.6) is 0 Å². The number of ether oxygens (including phenoxy) is 1. The fraction of sp³-hybridized carbons (Fsp3) is 0.667. The molecule has 0 aliphatic carbocycles. The number of carbonyl (C=O) groups excluding carboxylic acids is 2. The summed E-state index contributed by atoms with van der Waals surface area (Å²) in [5.41, 5.74) is -0.480. The van der Waals surface area contributed by atoms with Crippen molar-refractivity contribution in [1.29, 1.82) is 0 Å². The van der Waals surface area contributed by atoms with Crippen molar-refractivity contribution in [3.63, 3.8) is 0 Å². The average molecular weight is 352 g/mol. The van der Waals surface area contributed by atoms with Gasteiger partial charge in [0.15, 0.2) is 0 Å². The van der Waals surface area contributed by atoms with Gasteiger partial charge in [0, 0.05) is 37.5 Å². The Morgan fingerprint density at radius 1 is 1.12 bits per heavy atom. The number of amides is 2. The lowest BCUT2D eigenvalue weighted by Gasteiger charge is -2.35. The summed E-state index contributed by atoms with van der Waals surface area (Å²) in [5.74, 6) is 0.199. The van der Waals surface area contributed by atoms with Gasteiger partial charge in [-0.2, -0.15) is 0 Å². The van der Waals surface area contributed by atoms with Crippen LogP contribution >= 0.6 is 11.3 Å². The zero-order valence-corrected chi connectivity index (χ0v) is 15.7. The maximum absolute atomic E-state index is 12.3. The van der Waals surface area contributed by atoms with E-state index < -0.39 is 5.60 Å². The molecule has 1 aliphatic heterocycles. The average Bonchev–Trinajstić information content (AvgIpc) is 3.03. The molecule has 0 unspecified atom stereocenters. The first-order valence-corrected chi connectivity index (χ1v) is 9.51. The smallest absolute Gasteiger partial charge is 0.410 e. The molecular formula is C18H28N2O3S. The number of piperazine rings is 1. The molecule has 0 atom stereocenters. The van der Waals surface area contributed by atoms with Gasteiger partial charge in [0.25, 0.3) is 0 Å². The van der Waals surface area contributed by atoms with E-state index in [4.69, 9.17) is 4.74 Å². The van der Waals surface area contributed by atoms with Crippen LogP contribution in [0.2, 0.25) is 0 Å². The normalized spacial score (nSPS) is 15.5. The highest BCUT2D eigenvalue weighted by atomic mass is 32.1. The second kappa shape index (κ2) is 8.51. The summed E-state index contributed by atoms with van der Waals surface area (Å²) >= 11 is 1.77. The Balaban J connectivity index is 1.64. The number of nitrogens with zero attached hydrogens (tertiary/aromatic N) is 2. The van der Waals surface area contributed by atoms with E-state index in [1.165, 1.54) is 4.88 Å². The fourth-order valence-electron chi connectivity index (χ4n) is 2.65. The number of rotatable bonds is 5. The third kappa shape index (κ3) is 6.15. The van der Waals surface area contributed by atoms with Crippen LogP contribution in [0.25, 0.3) is 0 Å². The molecule has 1 aliphatic rings. The second-order valence-corrected chi connectivity index (χ2v) is 8.17. The molecule has 0 spiro atoms. The summed E-state index contributed by atoms with van der Waals surface area (Å²) in [5, 5.41) is 2.09. The van der Waals surface area contributed by atoms with E-state index in [0.717, 1.165) is 19.3 Å². The number of thiophene rings is 1. The standard InChI is InChI=1S/C18H28N2O3S/c1-18(2,3)23-17(22)20-12-10-19(11-13-20)16(21)9-5-4-7-15-8-6-14-24-15/h6,8,14H,4-5,7,9-13H2,1-3H3. The highest BCUT2D eigenvalue weighted by Gasteiger charge is 2.27. The van der Waals surface area contributed by atoms with E-state index in [0.29, 0.717) is 32.6 Å². The summed E-state index contributed by atoms with van der Waals surface area (Å²) < 4.78 is 5.37. The van der Waals surface area contributed by atoms with E-state index in [1.54, 1.807) is 16.2 Å². The molecule has 1 saturated heterocycles. The van der Waals surface area contributed by atoms with E-state index in [-0.39, 0.29) is 12.0 Å². The molecule has 0 bridgehead atoms. The molecule has 2 rings (SSSR count). The van der Waals surface area contributed by atoms with Crippen molar-refractivity contribution in [3.8, 4) is 0 Å². The second-order valence-electron chi connectivity index (χ2n) is 7.13. The minimum absolute atomic E-state index is 0.199. The van der Waals surface area contributed by atoms with Crippen molar-refractivity contribution in [2.24, 2.45) is 0 Å². The van der Waals surface area contributed by atoms with Gasteiger partial charge < -0.3 is 14.5 Å². The van der Waals surface area contributed by atoms with Crippen LogP contribution in [-0.2, 0) is 16.0 Å². The summed E-state index contributed by atoms with van der Waals surface area (Å²) in [6, 6.07) is 4.21. The molecule has 24 heavy (non-hydrogen) atoms. The van der Waals surface area contributed by atoms with Gasteiger partial charge >= 0.3 is 6.09 Å². The maximum Gasteiger partial charge on any atom is 0.410 e. The Labute approximate surface area is 148 Å². The third-order valence-corrected chi connectivity index (χ3v) is 4.86. The van der Waals surface area contributed by atoms with Crippen molar-refractivity contribution >= 4 is 23.3 Å². The lowest BCUT2D eigenvalue weighted by atomic mass is 10.1. The molecule has 1 aromatic rings. The molecule has 0 saturated carbocycles. The van der Waals surface area contributed by atoms with Crippen molar-refractivity contribution < 1.29 is 14.3 Å². The Kier molecular flexibility index (Phi) is 6.66. The van der Waals surface area contributed by atoms with Crippen LogP contribution in [-0.4, -0.2) is 53.6 Å². The predicted molar refractivity (Wildman–Crippen MR) is 96.3 cm³/mol. The largest absolute Gasteiger partial charge is 0.444 e. The molecule has 6 heteroatoms. The van der Waals surface area contributed by atoms with Crippen molar-refractivity contribution in [1.82, 2.24) is 9.80 Å². The highest BCUT2D eigenvalue weighted by Crippen LogP contribution is 2.15. The van der Waals surface area contributed by atoms with Crippen molar-refractivity contribution in [2.45, 2.75) is 52.1 Å². The quantitative estimate of drug-likeness (QED) is 0.762. The number of hydrogen-bond donors (Lipinski definition) is 0. The Bertz CT molecular complexity index is 529. The van der Waals surface area contributed by atoms with E-state index in [2.05, 4.69) is 17.5 Å². The first-order valence-electron chi connectivity index (χ1n) is 8.63. The Morgan fingerprint density at radius 2 is 1.79 bits per heavy atom. The molecule has 0 radical (unpaired) electrons. The molecule has 5 nitrogen and oxygen atoms in total.